The fraction of sp³-hybridized carbons (Fsp3) is 0.385. The number of anilines is 1. The zero-order valence-electron chi connectivity index (χ0n) is 10.7. The molecule has 2 aliphatic heterocycles. The van der Waals surface area contributed by atoms with Gasteiger partial charge in [0.15, 0.2) is 14.9 Å². The molecule has 1 amide bonds. The van der Waals surface area contributed by atoms with Gasteiger partial charge in [0, 0.05) is 6.04 Å². The molecule has 3 rings (SSSR count). The Morgan fingerprint density at radius 1 is 1.20 bits per heavy atom. The number of rotatable bonds is 2. The van der Waals surface area contributed by atoms with Crippen LogP contribution in [0.25, 0.3) is 0 Å². The molecule has 2 fully saturated rings. The third-order valence-electron chi connectivity index (χ3n) is 3.66. The molecule has 1 aromatic carbocycles. The van der Waals surface area contributed by atoms with E-state index in [1.807, 2.05) is 30.3 Å². The molecule has 0 spiro atoms. The summed E-state index contributed by atoms with van der Waals surface area (Å²) in [5.41, 5.74) is 0.728. The first-order chi connectivity index (χ1) is 9.48. The number of sulfone groups is 1. The molecular formula is C13H14N2O3S2. The molecule has 0 radical (unpaired) electrons. The number of thiocarbonyl (C=S) groups is 1. The minimum absolute atomic E-state index is 0.0864. The maximum absolute atomic E-state index is 12.2. The zero-order valence-corrected chi connectivity index (χ0v) is 12.4. The highest BCUT2D eigenvalue weighted by molar-refractivity contribution is 7.91. The van der Waals surface area contributed by atoms with Crippen LogP contribution in [0.4, 0.5) is 5.69 Å². The van der Waals surface area contributed by atoms with Gasteiger partial charge in [-0.15, -0.1) is 0 Å². The summed E-state index contributed by atoms with van der Waals surface area (Å²) >= 11 is 5.37. The van der Waals surface area contributed by atoms with Crippen molar-refractivity contribution in [3.8, 4) is 0 Å². The molecule has 20 heavy (non-hydrogen) atoms. The molecule has 1 atom stereocenters. The molecule has 0 saturated carbocycles. The van der Waals surface area contributed by atoms with Crippen molar-refractivity contribution in [1.29, 1.82) is 0 Å². The predicted octanol–water partition coefficient (Wildman–Crippen LogP) is 0.807. The lowest BCUT2D eigenvalue weighted by Crippen LogP contribution is -2.39. The number of carbonyl (C=O) groups excluding carboxylic acids is 1. The van der Waals surface area contributed by atoms with E-state index in [9.17, 15) is 13.2 Å². The van der Waals surface area contributed by atoms with E-state index in [1.54, 1.807) is 4.90 Å². The lowest BCUT2D eigenvalue weighted by Gasteiger charge is -2.25. The van der Waals surface area contributed by atoms with Crippen molar-refractivity contribution in [3.63, 3.8) is 0 Å². The van der Waals surface area contributed by atoms with E-state index < -0.39 is 9.84 Å². The van der Waals surface area contributed by atoms with Crippen LogP contribution in [-0.4, -0.2) is 48.4 Å². The summed E-state index contributed by atoms with van der Waals surface area (Å²) in [7, 11) is -2.99. The van der Waals surface area contributed by atoms with Crippen LogP contribution in [0.5, 0.6) is 0 Å². The number of para-hydroxylation sites is 1. The highest BCUT2D eigenvalue weighted by Gasteiger charge is 2.41. The summed E-state index contributed by atoms with van der Waals surface area (Å²) < 4.78 is 23.1. The molecular weight excluding hydrogens is 296 g/mol. The molecule has 0 bridgehead atoms. The molecule has 1 aromatic rings. The van der Waals surface area contributed by atoms with Crippen molar-refractivity contribution in [2.45, 2.75) is 12.5 Å². The molecule has 0 aromatic heterocycles. The van der Waals surface area contributed by atoms with E-state index >= 15 is 0 Å². The van der Waals surface area contributed by atoms with Gasteiger partial charge in [0.25, 0.3) is 5.91 Å². The van der Waals surface area contributed by atoms with E-state index in [-0.39, 0.29) is 30.0 Å². The topological polar surface area (TPSA) is 57.7 Å². The van der Waals surface area contributed by atoms with Gasteiger partial charge in [0.1, 0.15) is 6.54 Å². The van der Waals surface area contributed by atoms with Gasteiger partial charge < -0.3 is 4.90 Å². The van der Waals surface area contributed by atoms with Crippen LogP contribution in [0.2, 0.25) is 0 Å². The third kappa shape index (κ3) is 2.31. The Morgan fingerprint density at radius 2 is 1.90 bits per heavy atom. The van der Waals surface area contributed by atoms with Gasteiger partial charge >= 0.3 is 0 Å². The number of hydrogen-bond acceptors (Lipinski definition) is 4. The second-order valence-electron chi connectivity index (χ2n) is 5.03. The monoisotopic (exact) mass is 310 g/mol. The highest BCUT2D eigenvalue weighted by atomic mass is 32.2. The number of nitrogens with zero attached hydrogens (tertiary/aromatic N) is 2. The first-order valence-corrected chi connectivity index (χ1v) is 8.60. The number of amides is 1. The van der Waals surface area contributed by atoms with Crippen LogP contribution in [0.15, 0.2) is 30.3 Å². The Morgan fingerprint density at radius 3 is 2.50 bits per heavy atom. The Bertz CT molecular complexity index is 657. The average molecular weight is 310 g/mol. The van der Waals surface area contributed by atoms with Crippen LogP contribution in [0, 0.1) is 0 Å². The zero-order chi connectivity index (χ0) is 14.3. The lowest BCUT2D eigenvalue weighted by atomic mass is 10.2. The molecule has 106 valence electrons. The summed E-state index contributed by atoms with van der Waals surface area (Å²) in [6, 6.07) is 9.01. The Hall–Kier alpha value is -1.47. The SMILES string of the molecule is O=C1CN(C2CCS(=O)(=O)C2)C(=S)N1c1ccccc1. The third-order valence-corrected chi connectivity index (χ3v) is 5.82. The maximum atomic E-state index is 12.2. The second kappa shape index (κ2) is 4.82. The first kappa shape index (κ1) is 13.5. The van der Waals surface area contributed by atoms with E-state index in [0.717, 1.165) is 5.69 Å². The van der Waals surface area contributed by atoms with Crippen molar-refractivity contribution in [1.82, 2.24) is 4.90 Å². The minimum Gasteiger partial charge on any atom is -0.335 e. The summed E-state index contributed by atoms with van der Waals surface area (Å²) in [5.74, 6) is 0.157. The van der Waals surface area contributed by atoms with E-state index in [0.29, 0.717) is 11.5 Å². The largest absolute Gasteiger partial charge is 0.335 e. The Labute approximate surface area is 123 Å². The van der Waals surface area contributed by atoms with Crippen molar-refractivity contribution in [2.75, 3.05) is 23.0 Å². The molecule has 1 unspecified atom stereocenters. The Kier molecular flexibility index (Phi) is 3.25. The molecule has 0 aliphatic carbocycles. The van der Waals surface area contributed by atoms with Crippen LogP contribution in [0.3, 0.4) is 0 Å². The van der Waals surface area contributed by atoms with Gasteiger partial charge in [-0.2, -0.15) is 0 Å². The van der Waals surface area contributed by atoms with E-state index in [2.05, 4.69) is 0 Å². The van der Waals surface area contributed by atoms with E-state index in [1.165, 1.54) is 4.90 Å². The highest BCUT2D eigenvalue weighted by Crippen LogP contribution is 2.26. The summed E-state index contributed by atoms with van der Waals surface area (Å²) in [4.78, 5) is 15.4. The van der Waals surface area contributed by atoms with Gasteiger partial charge in [-0.05, 0) is 30.8 Å². The molecule has 2 aliphatic rings. The Balaban J connectivity index is 1.85. The molecule has 7 heteroatoms. The van der Waals surface area contributed by atoms with E-state index in [4.69, 9.17) is 12.2 Å². The minimum atomic E-state index is -2.99. The van der Waals surface area contributed by atoms with Crippen molar-refractivity contribution < 1.29 is 13.2 Å². The number of carbonyl (C=O) groups is 1. The summed E-state index contributed by atoms with van der Waals surface area (Å²) in [6.45, 7) is 0.161. The number of hydrogen-bond donors (Lipinski definition) is 0. The van der Waals surface area contributed by atoms with Gasteiger partial charge in [0.2, 0.25) is 0 Å². The predicted molar refractivity (Wildman–Crippen MR) is 80.3 cm³/mol. The van der Waals surface area contributed by atoms with Gasteiger partial charge in [-0.1, -0.05) is 18.2 Å². The molecule has 2 saturated heterocycles. The molecule has 0 N–H and O–H groups in total. The standard InChI is InChI=1S/C13H14N2O3S2/c16-12-8-14(11-6-7-20(17,18)9-11)13(19)15(12)10-4-2-1-3-5-10/h1-5,11H,6-9H2. The van der Waals surface area contributed by atoms with Crippen LogP contribution in [-0.2, 0) is 14.6 Å². The number of benzene rings is 1. The van der Waals surface area contributed by atoms with Gasteiger partial charge in [0.05, 0.1) is 17.2 Å². The van der Waals surface area contributed by atoms with Crippen molar-refractivity contribution >= 4 is 38.8 Å². The average Bonchev–Trinajstić information content (AvgIpc) is 2.90. The van der Waals surface area contributed by atoms with Crippen molar-refractivity contribution in [3.05, 3.63) is 30.3 Å². The van der Waals surface area contributed by atoms with Crippen molar-refractivity contribution in [2.24, 2.45) is 0 Å². The van der Waals surface area contributed by atoms with Crippen LogP contribution in [0.1, 0.15) is 6.42 Å². The molecule has 5 nitrogen and oxygen atoms in total. The van der Waals surface area contributed by atoms with Crippen LogP contribution < -0.4 is 4.90 Å². The lowest BCUT2D eigenvalue weighted by molar-refractivity contribution is -0.116. The summed E-state index contributed by atoms with van der Waals surface area (Å²) in [6.07, 6.45) is 0.540. The fourth-order valence-corrected chi connectivity index (χ4v) is 4.81. The second-order valence-corrected chi connectivity index (χ2v) is 7.63. The molecule has 2 heterocycles. The smallest absolute Gasteiger partial charge is 0.252 e. The fourth-order valence-electron chi connectivity index (χ4n) is 2.66. The summed E-state index contributed by atoms with van der Waals surface area (Å²) in [5, 5.41) is 0.406. The van der Waals surface area contributed by atoms with Crippen LogP contribution >= 0.6 is 12.2 Å². The van der Waals surface area contributed by atoms with Gasteiger partial charge in [-0.3, -0.25) is 9.69 Å². The quantitative estimate of drug-likeness (QED) is 0.757. The van der Waals surface area contributed by atoms with Gasteiger partial charge in [-0.25, -0.2) is 8.42 Å². The first-order valence-electron chi connectivity index (χ1n) is 6.37. The normalized spacial score (nSPS) is 25.5. The maximum Gasteiger partial charge on any atom is 0.252 e.